The van der Waals surface area contributed by atoms with E-state index in [1.165, 1.54) is 0 Å². The fourth-order valence-corrected chi connectivity index (χ4v) is 1.96. The lowest BCUT2D eigenvalue weighted by Crippen LogP contribution is -2.14. The Morgan fingerprint density at radius 2 is 1.00 bits per heavy atom. The minimum Gasteiger partial charge on any atom is -0.427 e. The molecule has 2 rings (SSSR count). The largest absolute Gasteiger partial charge is 0.427 e. The monoisotopic (exact) mass is 328 g/mol. The number of carbonyl (C=O) groups excluding carboxylic acids is 2. The van der Waals surface area contributed by atoms with Crippen molar-refractivity contribution in [3.05, 3.63) is 59.7 Å². The van der Waals surface area contributed by atoms with Crippen molar-refractivity contribution in [2.75, 3.05) is 0 Å². The molecule has 0 spiro atoms. The van der Waals surface area contributed by atoms with Gasteiger partial charge in [-0.05, 0) is 35.4 Å². The van der Waals surface area contributed by atoms with E-state index in [4.69, 9.17) is 20.9 Å². The van der Waals surface area contributed by atoms with Crippen molar-refractivity contribution in [1.82, 2.24) is 0 Å². The Bertz CT molecular complexity index is 620. The van der Waals surface area contributed by atoms with Gasteiger partial charge in [0.15, 0.2) is 0 Å². The topological polar surface area (TPSA) is 105 Å². The van der Waals surface area contributed by atoms with Crippen molar-refractivity contribution in [2.24, 2.45) is 11.5 Å². The second kappa shape index (κ2) is 8.81. The quantitative estimate of drug-likeness (QED) is 0.594. The number of nitrogens with two attached hydrogens (primary N) is 2. The Labute approximate surface area is 140 Å². The molecule has 0 saturated heterocycles. The Hall–Kier alpha value is -2.70. The maximum atomic E-state index is 11.7. The maximum absolute atomic E-state index is 11.7. The average Bonchev–Trinajstić information content (AvgIpc) is 2.61. The second-order valence-corrected chi connectivity index (χ2v) is 5.14. The predicted octanol–water partition coefficient (Wildman–Crippen LogP) is 1.90. The summed E-state index contributed by atoms with van der Waals surface area (Å²) in [5.74, 6) is -0.150. The zero-order valence-electron chi connectivity index (χ0n) is 13.2. The van der Waals surface area contributed by atoms with Crippen LogP contribution >= 0.6 is 0 Å². The lowest BCUT2D eigenvalue weighted by Gasteiger charge is -2.06. The summed E-state index contributed by atoms with van der Waals surface area (Å²) in [7, 11) is 0. The van der Waals surface area contributed by atoms with Crippen molar-refractivity contribution in [3.63, 3.8) is 0 Å². The predicted molar refractivity (Wildman–Crippen MR) is 89.2 cm³/mol. The molecule has 0 aliphatic rings. The smallest absolute Gasteiger partial charge is 0.311 e. The molecule has 0 atom stereocenters. The highest BCUT2D eigenvalue weighted by Crippen LogP contribution is 2.15. The third kappa shape index (κ3) is 5.49. The first-order chi connectivity index (χ1) is 11.6. The fourth-order valence-electron chi connectivity index (χ4n) is 1.96. The molecular weight excluding hydrogens is 308 g/mol. The first-order valence-corrected chi connectivity index (χ1v) is 7.60. The maximum Gasteiger partial charge on any atom is 0.311 e. The van der Waals surface area contributed by atoms with Gasteiger partial charge < -0.3 is 20.9 Å². The lowest BCUT2D eigenvalue weighted by atomic mass is 10.2. The molecule has 0 unspecified atom stereocenters. The number of benzene rings is 2. The minimum absolute atomic E-state index is 0.0572. The number of hydrogen-bond acceptors (Lipinski definition) is 6. The zero-order chi connectivity index (χ0) is 17.4. The molecule has 0 aliphatic carbocycles. The number of esters is 2. The zero-order valence-corrected chi connectivity index (χ0v) is 13.2. The van der Waals surface area contributed by atoms with Crippen LogP contribution in [0.4, 0.5) is 0 Å². The summed E-state index contributed by atoms with van der Waals surface area (Å²) < 4.78 is 10.3. The van der Waals surface area contributed by atoms with Gasteiger partial charge in [0.2, 0.25) is 0 Å². The summed E-state index contributed by atoms with van der Waals surface area (Å²) in [4.78, 5) is 23.5. The number of hydrogen-bond donors (Lipinski definition) is 2. The molecule has 0 bridgehead atoms. The van der Waals surface area contributed by atoms with Crippen LogP contribution in [0.5, 0.6) is 11.5 Å². The van der Waals surface area contributed by atoms with Crippen LogP contribution in [0.1, 0.15) is 24.0 Å². The normalized spacial score (nSPS) is 10.2. The molecule has 0 aromatic heterocycles. The van der Waals surface area contributed by atoms with Gasteiger partial charge in [-0.25, -0.2) is 0 Å². The van der Waals surface area contributed by atoms with Gasteiger partial charge >= 0.3 is 11.9 Å². The van der Waals surface area contributed by atoms with Gasteiger partial charge in [-0.1, -0.05) is 24.3 Å². The molecule has 0 amide bonds. The number of ether oxygens (including phenoxy) is 2. The Morgan fingerprint density at radius 3 is 1.29 bits per heavy atom. The molecule has 24 heavy (non-hydrogen) atoms. The van der Waals surface area contributed by atoms with Crippen LogP contribution in [0.3, 0.4) is 0 Å². The molecule has 6 nitrogen and oxygen atoms in total. The Morgan fingerprint density at radius 1 is 0.667 bits per heavy atom. The van der Waals surface area contributed by atoms with Crippen molar-refractivity contribution >= 4 is 11.9 Å². The standard InChI is InChI=1S/C18H20N2O4/c19-11-13-1-5-15(6-2-13)23-17(21)9-10-18(22)24-16-7-3-14(12-20)4-8-16/h1-8H,9-12,19-20H2. The highest BCUT2D eigenvalue weighted by Gasteiger charge is 2.11. The van der Waals surface area contributed by atoms with Crippen LogP contribution in [0.15, 0.2) is 48.5 Å². The van der Waals surface area contributed by atoms with Crippen molar-refractivity contribution in [1.29, 1.82) is 0 Å². The van der Waals surface area contributed by atoms with E-state index in [9.17, 15) is 9.59 Å². The van der Waals surface area contributed by atoms with E-state index in [1.54, 1.807) is 48.5 Å². The Balaban J connectivity index is 1.76. The van der Waals surface area contributed by atoms with E-state index < -0.39 is 11.9 Å². The molecular formula is C18H20N2O4. The highest BCUT2D eigenvalue weighted by atomic mass is 16.5. The first kappa shape index (κ1) is 17.7. The van der Waals surface area contributed by atoms with Gasteiger partial charge in [-0.15, -0.1) is 0 Å². The van der Waals surface area contributed by atoms with Crippen LogP contribution < -0.4 is 20.9 Å². The van der Waals surface area contributed by atoms with E-state index >= 15 is 0 Å². The van der Waals surface area contributed by atoms with E-state index in [0.29, 0.717) is 24.6 Å². The molecule has 0 heterocycles. The Kier molecular flexibility index (Phi) is 6.48. The molecule has 2 aromatic rings. The van der Waals surface area contributed by atoms with Crippen LogP contribution in [0, 0.1) is 0 Å². The van der Waals surface area contributed by atoms with Crippen LogP contribution in [-0.4, -0.2) is 11.9 Å². The summed E-state index contributed by atoms with van der Waals surface area (Å²) in [5, 5.41) is 0. The van der Waals surface area contributed by atoms with Gasteiger partial charge in [0, 0.05) is 13.1 Å². The van der Waals surface area contributed by atoms with Crippen LogP contribution in [-0.2, 0) is 22.7 Å². The second-order valence-electron chi connectivity index (χ2n) is 5.14. The van der Waals surface area contributed by atoms with Gasteiger partial charge in [0.05, 0.1) is 12.8 Å². The molecule has 0 fully saturated rings. The molecule has 6 heteroatoms. The number of carbonyl (C=O) groups is 2. The van der Waals surface area contributed by atoms with Crippen LogP contribution in [0.2, 0.25) is 0 Å². The molecule has 4 N–H and O–H groups in total. The number of rotatable bonds is 7. The van der Waals surface area contributed by atoms with Gasteiger partial charge in [0.25, 0.3) is 0 Å². The van der Waals surface area contributed by atoms with Gasteiger partial charge in [-0.3, -0.25) is 9.59 Å². The summed E-state index contributed by atoms with van der Waals surface area (Å²) >= 11 is 0. The summed E-state index contributed by atoms with van der Waals surface area (Å²) in [5.41, 5.74) is 12.9. The van der Waals surface area contributed by atoms with Crippen molar-refractivity contribution in [3.8, 4) is 11.5 Å². The molecule has 0 aliphatic heterocycles. The van der Waals surface area contributed by atoms with Gasteiger partial charge in [0.1, 0.15) is 11.5 Å². The fraction of sp³-hybridized carbons (Fsp3) is 0.222. The molecule has 2 aromatic carbocycles. The lowest BCUT2D eigenvalue weighted by molar-refractivity contribution is -0.140. The van der Waals surface area contributed by atoms with Crippen LogP contribution in [0.25, 0.3) is 0 Å². The highest BCUT2D eigenvalue weighted by molar-refractivity contribution is 5.80. The van der Waals surface area contributed by atoms with E-state index in [0.717, 1.165) is 11.1 Å². The van der Waals surface area contributed by atoms with Gasteiger partial charge in [-0.2, -0.15) is 0 Å². The summed E-state index contributed by atoms with van der Waals surface area (Å²) in [6.07, 6.45) is -0.114. The van der Waals surface area contributed by atoms with E-state index in [-0.39, 0.29) is 12.8 Å². The third-order valence-corrected chi connectivity index (χ3v) is 3.31. The van der Waals surface area contributed by atoms with Crippen molar-refractivity contribution < 1.29 is 19.1 Å². The summed E-state index contributed by atoms with van der Waals surface area (Å²) in [6, 6.07) is 13.8. The van der Waals surface area contributed by atoms with Crippen molar-refractivity contribution in [2.45, 2.75) is 25.9 Å². The van der Waals surface area contributed by atoms with E-state index in [1.807, 2.05) is 0 Å². The minimum atomic E-state index is -0.495. The molecule has 0 saturated carbocycles. The first-order valence-electron chi connectivity index (χ1n) is 7.60. The average molecular weight is 328 g/mol. The third-order valence-electron chi connectivity index (χ3n) is 3.31. The molecule has 126 valence electrons. The summed E-state index contributed by atoms with van der Waals surface area (Å²) in [6.45, 7) is 0.846. The molecule has 0 radical (unpaired) electrons. The van der Waals surface area contributed by atoms with E-state index in [2.05, 4.69) is 0 Å². The SMILES string of the molecule is NCc1ccc(OC(=O)CCC(=O)Oc2ccc(CN)cc2)cc1.